The van der Waals surface area contributed by atoms with Crippen molar-refractivity contribution in [3.05, 3.63) is 107 Å². The van der Waals surface area contributed by atoms with E-state index in [-0.39, 0.29) is 5.91 Å². The molecule has 0 atom stereocenters. The Morgan fingerprint density at radius 3 is 2.42 bits per heavy atom. The maximum absolute atomic E-state index is 13.5. The highest BCUT2D eigenvalue weighted by Crippen LogP contribution is 2.34. The van der Waals surface area contributed by atoms with Gasteiger partial charge in [-0.1, -0.05) is 54.6 Å². The van der Waals surface area contributed by atoms with Gasteiger partial charge in [0.15, 0.2) is 0 Å². The Labute approximate surface area is 238 Å². The fourth-order valence-corrected chi connectivity index (χ4v) is 5.70. The van der Waals surface area contributed by atoms with Crippen molar-refractivity contribution < 1.29 is 9.53 Å². The van der Waals surface area contributed by atoms with Crippen LogP contribution >= 0.6 is 0 Å². The molecule has 1 aliphatic heterocycles. The molecule has 6 nitrogen and oxygen atoms in total. The largest absolute Gasteiger partial charge is 0.496 e. The molecule has 0 bridgehead atoms. The number of carbonyl (C=O) groups is 1. The normalized spacial score (nSPS) is 12.6. The first kappa shape index (κ1) is 27.5. The second kappa shape index (κ2) is 12.0. The molecule has 0 N–H and O–H groups in total. The van der Waals surface area contributed by atoms with Crippen molar-refractivity contribution in [2.24, 2.45) is 0 Å². The number of benzene rings is 3. The van der Waals surface area contributed by atoms with Gasteiger partial charge >= 0.3 is 0 Å². The van der Waals surface area contributed by atoms with Crippen molar-refractivity contribution in [3.8, 4) is 16.9 Å². The number of nitrogens with zero attached hydrogens (tertiary/aromatic N) is 4. The van der Waals surface area contributed by atoms with Crippen LogP contribution in [0.5, 0.6) is 5.75 Å². The fraction of sp³-hybridized carbons (Fsp3) is 0.324. The van der Waals surface area contributed by atoms with Gasteiger partial charge in [0.1, 0.15) is 11.4 Å². The number of para-hydroxylation sites is 2. The van der Waals surface area contributed by atoms with E-state index in [2.05, 4.69) is 96.0 Å². The first-order chi connectivity index (χ1) is 19.4. The Bertz CT molecular complexity index is 1490. The van der Waals surface area contributed by atoms with Crippen LogP contribution in [0.3, 0.4) is 0 Å². The second-order valence-electron chi connectivity index (χ2n) is 11.0. The minimum absolute atomic E-state index is 0.0819. The van der Waals surface area contributed by atoms with E-state index < -0.39 is 0 Å². The summed E-state index contributed by atoms with van der Waals surface area (Å²) in [5.74, 6) is 0.966. The molecule has 4 aromatic rings. The molecule has 0 fully saturated rings. The summed E-state index contributed by atoms with van der Waals surface area (Å²) in [5, 5.41) is 0. The Balaban J connectivity index is 1.40. The number of aromatic nitrogens is 1. The molecule has 0 radical (unpaired) electrons. The van der Waals surface area contributed by atoms with Gasteiger partial charge in [-0.2, -0.15) is 0 Å². The smallest absolute Gasteiger partial charge is 0.270 e. The van der Waals surface area contributed by atoms with Gasteiger partial charge in [0.2, 0.25) is 0 Å². The molecule has 2 heterocycles. The summed E-state index contributed by atoms with van der Waals surface area (Å²) >= 11 is 0. The minimum atomic E-state index is 0.0819. The van der Waals surface area contributed by atoms with Gasteiger partial charge < -0.3 is 24.0 Å². The lowest BCUT2D eigenvalue weighted by Crippen LogP contribution is -2.31. The molecule has 5 rings (SSSR count). The number of methoxy groups -OCH3 is 1. The van der Waals surface area contributed by atoms with Crippen LogP contribution in [0.15, 0.2) is 78.9 Å². The van der Waals surface area contributed by atoms with Gasteiger partial charge in [-0.3, -0.25) is 4.79 Å². The van der Waals surface area contributed by atoms with E-state index in [1.54, 1.807) is 7.11 Å². The minimum Gasteiger partial charge on any atom is -0.496 e. The molecule has 0 saturated heterocycles. The van der Waals surface area contributed by atoms with Crippen LogP contribution in [0.25, 0.3) is 11.1 Å². The highest BCUT2D eigenvalue weighted by Gasteiger charge is 2.25. The Kier molecular flexibility index (Phi) is 8.27. The lowest BCUT2D eigenvalue weighted by Gasteiger charge is -2.25. The number of fused-ring (bicyclic) bond motifs is 2. The number of hydrogen-bond acceptors (Lipinski definition) is 4. The van der Waals surface area contributed by atoms with Crippen molar-refractivity contribution >= 4 is 11.6 Å². The summed E-state index contributed by atoms with van der Waals surface area (Å²) in [4.78, 5) is 19.9. The zero-order valence-corrected chi connectivity index (χ0v) is 24.4. The van der Waals surface area contributed by atoms with E-state index >= 15 is 0 Å². The monoisotopic (exact) mass is 536 g/mol. The van der Waals surface area contributed by atoms with Crippen molar-refractivity contribution in [1.29, 1.82) is 0 Å². The zero-order chi connectivity index (χ0) is 28.2. The number of ether oxygens (including phenoxy) is 1. The molecule has 0 spiro atoms. The molecule has 1 aliphatic rings. The first-order valence-corrected chi connectivity index (χ1v) is 14.0. The number of anilines is 1. The van der Waals surface area contributed by atoms with Gasteiger partial charge in [0.05, 0.1) is 20.2 Å². The maximum atomic E-state index is 13.5. The molecule has 40 heavy (non-hydrogen) atoms. The summed E-state index contributed by atoms with van der Waals surface area (Å²) < 4.78 is 7.82. The van der Waals surface area contributed by atoms with E-state index in [1.807, 2.05) is 30.1 Å². The lowest BCUT2D eigenvalue weighted by molar-refractivity contribution is 0.0780. The highest BCUT2D eigenvalue weighted by molar-refractivity contribution is 5.93. The third kappa shape index (κ3) is 5.77. The summed E-state index contributed by atoms with van der Waals surface area (Å²) in [6.45, 7) is 6.08. The number of amides is 1. The van der Waals surface area contributed by atoms with Crippen LogP contribution in [-0.4, -0.2) is 61.6 Å². The van der Waals surface area contributed by atoms with Crippen molar-refractivity contribution in [1.82, 2.24) is 14.4 Å². The summed E-state index contributed by atoms with van der Waals surface area (Å²) in [7, 11) is 7.76. The van der Waals surface area contributed by atoms with Gasteiger partial charge in [-0.05, 0) is 80.5 Å². The summed E-state index contributed by atoms with van der Waals surface area (Å²) in [6, 6.07) is 27.6. The van der Waals surface area contributed by atoms with Crippen LogP contribution in [0, 0.1) is 6.92 Å². The van der Waals surface area contributed by atoms with Gasteiger partial charge in [-0.25, -0.2) is 0 Å². The zero-order valence-electron chi connectivity index (χ0n) is 24.4. The lowest BCUT2D eigenvalue weighted by atomic mass is 9.97. The molecular formula is C34H40N4O2. The van der Waals surface area contributed by atoms with E-state index in [0.29, 0.717) is 6.54 Å². The first-order valence-electron chi connectivity index (χ1n) is 14.0. The predicted molar refractivity (Wildman–Crippen MR) is 163 cm³/mol. The van der Waals surface area contributed by atoms with Gasteiger partial charge in [-0.15, -0.1) is 0 Å². The fourth-order valence-electron chi connectivity index (χ4n) is 5.70. The third-order valence-corrected chi connectivity index (χ3v) is 7.81. The molecule has 0 aliphatic carbocycles. The summed E-state index contributed by atoms with van der Waals surface area (Å²) in [6.07, 6.45) is 0.953. The maximum Gasteiger partial charge on any atom is 0.270 e. The molecule has 1 aromatic heterocycles. The van der Waals surface area contributed by atoms with Crippen molar-refractivity contribution in [2.45, 2.75) is 33.0 Å². The Morgan fingerprint density at radius 2 is 1.65 bits per heavy atom. The van der Waals surface area contributed by atoms with Crippen LogP contribution < -0.4 is 9.64 Å². The number of aryl methyl sites for hydroxylation is 1. The molecule has 208 valence electrons. The molecule has 3 aromatic carbocycles. The number of rotatable bonds is 9. The average Bonchev–Trinajstić information content (AvgIpc) is 3.26. The van der Waals surface area contributed by atoms with E-state index in [9.17, 15) is 4.79 Å². The van der Waals surface area contributed by atoms with Crippen LogP contribution in [0.2, 0.25) is 0 Å². The second-order valence-corrected chi connectivity index (χ2v) is 11.0. The topological polar surface area (TPSA) is 41.0 Å². The highest BCUT2D eigenvalue weighted by atomic mass is 16.5. The molecular weight excluding hydrogens is 496 g/mol. The number of hydrogen-bond donors (Lipinski definition) is 0. The molecule has 1 amide bonds. The standard InChI is InChI=1S/C34H40N4O2/c1-25-21-26(15-17-29(25)30-12-7-9-14-33(30)40-5)22-37-24-28-16-18-32(34(39)36(4)20-10-19-35(2)3)38(28)23-27-11-6-8-13-31(27)37/h6-9,11-18,21H,10,19-20,22-24H2,1-5H3. The van der Waals surface area contributed by atoms with Gasteiger partial charge in [0.25, 0.3) is 5.91 Å². The van der Waals surface area contributed by atoms with Crippen LogP contribution in [0.1, 0.15) is 39.3 Å². The number of carbonyl (C=O) groups excluding carboxylic acids is 1. The summed E-state index contributed by atoms with van der Waals surface area (Å²) in [5.41, 5.74) is 9.13. The average molecular weight is 537 g/mol. The van der Waals surface area contributed by atoms with E-state index in [0.717, 1.165) is 55.3 Å². The Morgan fingerprint density at radius 1 is 0.875 bits per heavy atom. The van der Waals surface area contributed by atoms with Crippen molar-refractivity contribution in [3.63, 3.8) is 0 Å². The van der Waals surface area contributed by atoms with Crippen LogP contribution in [-0.2, 0) is 19.6 Å². The van der Waals surface area contributed by atoms with E-state index in [4.69, 9.17) is 4.74 Å². The Hall–Kier alpha value is -4.03. The molecule has 6 heteroatoms. The van der Waals surface area contributed by atoms with E-state index in [1.165, 1.54) is 27.9 Å². The molecule has 0 saturated carbocycles. The van der Waals surface area contributed by atoms with Gasteiger partial charge in [0, 0.05) is 37.1 Å². The predicted octanol–water partition coefficient (Wildman–Crippen LogP) is 6.06. The quantitative estimate of drug-likeness (QED) is 0.261. The van der Waals surface area contributed by atoms with Crippen LogP contribution in [0.4, 0.5) is 5.69 Å². The third-order valence-electron chi connectivity index (χ3n) is 7.81. The SMILES string of the molecule is COc1ccccc1-c1ccc(CN2Cc3ccc(C(=O)N(C)CCCN(C)C)n3Cc3ccccc32)cc1C. The molecule has 0 unspecified atom stereocenters. The van der Waals surface area contributed by atoms with Crippen molar-refractivity contribution in [2.75, 3.05) is 46.2 Å².